The lowest BCUT2D eigenvalue weighted by Crippen LogP contribution is -2.11. The molecule has 4 heteroatoms. The number of aryl methyl sites for hydroxylation is 4. The third kappa shape index (κ3) is 16.5. The fourth-order valence-corrected chi connectivity index (χ4v) is 21.9. The van der Waals surface area contributed by atoms with Crippen molar-refractivity contribution in [2.24, 2.45) is 0 Å². The van der Waals surface area contributed by atoms with E-state index in [4.69, 9.17) is 0 Å². The van der Waals surface area contributed by atoms with E-state index in [0.717, 1.165) is 56.9 Å². The monoisotopic (exact) mass is 1840 g/mol. The van der Waals surface area contributed by atoms with E-state index in [0.29, 0.717) is 0 Å². The zero-order chi connectivity index (χ0) is 96.2. The molecule has 0 aromatic heterocycles. The second-order valence-electron chi connectivity index (χ2n) is 38.1. The highest BCUT2D eigenvalue weighted by molar-refractivity contribution is 6.17. The zero-order valence-corrected chi connectivity index (χ0v) is 80.6. The molecule has 0 unspecified atom stereocenters. The van der Waals surface area contributed by atoms with Gasteiger partial charge in [0.25, 0.3) is 0 Å². The summed E-state index contributed by atoms with van der Waals surface area (Å²) in [5.41, 5.74) is 19.0. The summed E-state index contributed by atoms with van der Waals surface area (Å²) in [6, 6.07) is 194. The molecule has 0 atom stereocenters. The van der Waals surface area contributed by atoms with Gasteiger partial charge in [-0.05, 0) is 350 Å². The first-order valence-corrected chi connectivity index (χ1v) is 49.8. The molecule has 0 fully saturated rings. The van der Waals surface area contributed by atoms with Crippen LogP contribution < -0.4 is 19.6 Å². The Morgan fingerprint density at radius 3 is 0.569 bits per heavy atom. The van der Waals surface area contributed by atoms with E-state index in [1.807, 2.05) is 0 Å². The van der Waals surface area contributed by atoms with Crippen molar-refractivity contribution >= 4 is 241 Å². The maximum Gasteiger partial charge on any atom is 0.0490 e. The first-order valence-electron chi connectivity index (χ1n) is 49.8. The number of hydrogen-bond acceptors (Lipinski definition) is 4. The lowest BCUT2D eigenvalue weighted by atomic mass is 9.99. The molecule has 0 bridgehead atoms. The molecule has 28 rings (SSSR count). The van der Waals surface area contributed by atoms with Gasteiger partial charge in [0.05, 0.1) is 0 Å². The third-order valence-electron chi connectivity index (χ3n) is 29.2. The van der Waals surface area contributed by atoms with E-state index >= 15 is 0 Å². The normalized spacial score (nSPS) is 11.5. The Hall–Kier alpha value is -18.5. The summed E-state index contributed by atoms with van der Waals surface area (Å²) < 4.78 is 0. The fourth-order valence-electron chi connectivity index (χ4n) is 21.9. The Morgan fingerprint density at radius 2 is 0.292 bits per heavy atom. The molecule has 0 aliphatic carbocycles. The highest BCUT2D eigenvalue weighted by Crippen LogP contribution is 2.48. The van der Waals surface area contributed by atoms with Gasteiger partial charge in [0, 0.05) is 68.2 Å². The number of fused-ring (bicyclic) bond motifs is 24. The molecule has 0 radical (unpaired) electrons. The van der Waals surface area contributed by atoms with Crippen molar-refractivity contribution in [3.8, 4) is 0 Å². The van der Waals surface area contributed by atoms with Crippen LogP contribution in [0, 0.1) is 27.7 Å². The van der Waals surface area contributed by atoms with Gasteiger partial charge in [-0.3, -0.25) is 0 Å². The first kappa shape index (κ1) is 87.1. The van der Waals surface area contributed by atoms with Crippen molar-refractivity contribution in [3.63, 3.8) is 0 Å². The van der Waals surface area contributed by atoms with Gasteiger partial charge in [0.15, 0.2) is 0 Å². The van der Waals surface area contributed by atoms with Crippen LogP contribution in [0.1, 0.15) is 22.3 Å². The smallest absolute Gasteiger partial charge is 0.0490 e. The van der Waals surface area contributed by atoms with Gasteiger partial charge in [-0.1, -0.05) is 406 Å². The highest BCUT2D eigenvalue weighted by Gasteiger charge is 2.23. The Labute approximate surface area is 837 Å². The summed E-state index contributed by atoms with van der Waals surface area (Å²) >= 11 is 0. The lowest BCUT2D eigenvalue weighted by Gasteiger charge is -2.28. The molecule has 0 aliphatic heterocycles. The van der Waals surface area contributed by atoms with Crippen molar-refractivity contribution in [1.82, 2.24) is 0 Å². The minimum Gasteiger partial charge on any atom is -0.310 e. The van der Waals surface area contributed by atoms with Crippen LogP contribution in [-0.2, 0) is 0 Å². The molecule has 0 aliphatic rings. The summed E-state index contributed by atoms with van der Waals surface area (Å²) in [4.78, 5) is 9.53. The van der Waals surface area contributed by atoms with Crippen molar-refractivity contribution < 1.29 is 0 Å². The third-order valence-corrected chi connectivity index (χ3v) is 29.2. The van der Waals surface area contributed by atoms with E-state index < -0.39 is 0 Å². The number of rotatable bonds is 12. The largest absolute Gasteiger partial charge is 0.310 e. The first-order chi connectivity index (χ1) is 71.0. The van der Waals surface area contributed by atoms with Gasteiger partial charge in [-0.25, -0.2) is 0 Å². The Balaban J connectivity index is 0.000000101. The fraction of sp³-hybridized carbons (Fsp3) is 0.0286. The molecule has 28 aromatic rings. The van der Waals surface area contributed by atoms with Crippen LogP contribution in [0.15, 0.2) is 534 Å². The summed E-state index contributed by atoms with van der Waals surface area (Å²) in [5.74, 6) is 0. The molecule has 680 valence electrons. The molecule has 0 heterocycles. The Kier molecular flexibility index (Phi) is 22.6. The van der Waals surface area contributed by atoms with E-state index in [1.165, 1.54) is 206 Å². The predicted octanol–water partition coefficient (Wildman–Crippen LogP) is 40.3. The second-order valence-corrected chi connectivity index (χ2v) is 38.1. The minimum absolute atomic E-state index is 1.15. The average molecular weight is 1840 g/mol. The van der Waals surface area contributed by atoms with Crippen LogP contribution in [0.3, 0.4) is 0 Å². The quantitative estimate of drug-likeness (QED) is 0.113. The lowest BCUT2D eigenvalue weighted by molar-refractivity contribution is 1.26. The maximum atomic E-state index is 2.39. The molecule has 0 saturated heterocycles. The van der Waals surface area contributed by atoms with Gasteiger partial charge in [0.2, 0.25) is 0 Å². The van der Waals surface area contributed by atoms with Crippen LogP contribution in [0.2, 0.25) is 0 Å². The van der Waals surface area contributed by atoms with Crippen LogP contribution >= 0.6 is 0 Å². The summed E-state index contributed by atoms with van der Waals surface area (Å²) in [5, 5.41) is 40.7. The molecule has 28 aromatic carbocycles. The number of anilines is 12. The molecule has 0 N–H and O–H groups in total. The van der Waals surface area contributed by atoms with Gasteiger partial charge in [-0.15, -0.1) is 0 Å². The van der Waals surface area contributed by atoms with Crippen molar-refractivity contribution in [2.45, 2.75) is 27.7 Å². The zero-order valence-electron chi connectivity index (χ0n) is 80.6. The van der Waals surface area contributed by atoms with Crippen molar-refractivity contribution in [2.75, 3.05) is 19.6 Å². The van der Waals surface area contributed by atoms with E-state index in [9.17, 15) is 0 Å². The topological polar surface area (TPSA) is 13.0 Å². The standard InChI is InChI=1S/4C35H25N/c1-24-8-2-7-13-35(24)36(29-18-20-33-27(22-29)16-14-25-9-3-5-11-31(25)33)30-19-21-34-28(23-30)17-15-26-10-4-6-12-32(26)34;1-24-8-2-7-13-35(24)36(29-20-21-33-28(22-29)17-16-25-9-3-5-11-31(25)33)30-19-18-27-15-14-26-10-4-6-12-32(26)34(27)23-30;1-24-7-6-10-29(21-24)36(30-19-20-34-28(22-30)16-15-25-8-2-4-11-32(25)34)31-18-17-27-14-13-26-9-3-5-12-33(26)35(27)23-31;1-24-10-17-29(18-11-24)36(30-20-21-34-28(22-30)15-14-25-6-2-4-8-32(25)34)31-19-16-27-13-12-26-7-3-5-9-33(26)35(27)23-31/h4*2-23H,1H3. The molecular weight excluding hydrogens is 1740 g/mol. The molecule has 0 spiro atoms. The SMILES string of the molecule is Cc1ccc(N(c2ccc3c(ccc4ccccc43)c2)c2ccc3ccc4ccccc4c3c2)cc1.Cc1cccc(N(c2ccc3c(ccc4ccccc43)c2)c2ccc3ccc4ccccc4c3c2)c1.Cc1ccccc1N(c1ccc2c(ccc3ccccc32)c1)c1ccc2c(ccc3ccccc32)c1.Cc1ccccc1N(c1ccc2c(ccc3ccccc32)c1)c1ccc2ccc3ccccc3c2c1. The molecule has 4 nitrogen and oxygen atoms in total. The molecule has 0 amide bonds. The van der Waals surface area contributed by atoms with Gasteiger partial charge < -0.3 is 19.6 Å². The Bertz CT molecular complexity index is 9790. The van der Waals surface area contributed by atoms with Crippen LogP contribution in [0.4, 0.5) is 68.2 Å². The van der Waals surface area contributed by atoms with E-state index in [1.54, 1.807) is 0 Å². The molecular formula is C140H100N4. The predicted molar refractivity (Wildman–Crippen MR) is 624 cm³/mol. The number of hydrogen-bond donors (Lipinski definition) is 0. The second kappa shape index (κ2) is 37.4. The van der Waals surface area contributed by atoms with E-state index in [-0.39, 0.29) is 0 Å². The van der Waals surface area contributed by atoms with Crippen LogP contribution in [0.25, 0.3) is 172 Å². The average Bonchev–Trinajstić information content (AvgIpc) is 0.764. The van der Waals surface area contributed by atoms with Crippen molar-refractivity contribution in [1.29, 1.82) is 0 Å². The van der Waals surface area contributed by atoms with Crippen LogP contribution in [0.5, 0.6) is 0 Å². The minimum atomic E-state index is 1.15. The summed E-state index contributed by atoms with van der Waals surface area (Å²) in [7, 11) is 0. The maximum absolute atomic E-state index is 2.39. The molecule has 144 heavy (non-hydrogen) atoms. The van der Waals surface area contributed by atoms with Crippen LogP contribution in [-0.4, -0.2) is 0 Å². The summed E-state index contributed by atoms with van der Waals surface area (Å²) in [6.45, 7) is 8.66. The van der Waals surface area contributed by atoms with Crippen molar-refractivity contribution in [3.05, 3.63) is 556 Å². The van der Waals surface area contributed by atoms with E-state index in [2.05, 4.69) is 581 Å². The van der Waals surface area contributed by atoms with Gasteiger partial charge in [0.1, 0.15) is 0 Å². The summed E-state index contributed by atoms with van der Waals surface area (Å²) in [6.07, 6.45) is 0. The number of para-hydroxylation sites is 2. The molecule has 0 saturated carbocycles. The highest BCUT2D eigenvalue weighted by atomic mass is 15.2. The number of benzene rings is 28. The Morgan fingerprint density at radius 1 is 0.104 bits per heavy atom. The number of nitrogens with zero attached hydrogens (tertiary/aromatic N) is 4. The van der Waals surface area contributed by atoms with Gasteiger partial charge in [-0.2, -0.15) is 0 Å². The van der Waals surface area contributed by atoms with Gasteiger partial charge >= 0.3 is 0 Å².